The average Bonchev–Trinajstić information content (AvgIpc) is 2.03. The van der Waals surface area contributed by atoms with Gasteiger partial charge < -0.3 is 15.3 Å². The molecule has 2 unspecified atom stereocenters. The first-order chi connectivity index (χ1) is 6.29. The third-order valence-electron chi connectivity index (χ3n) is 2.14. The van der Waals surface area contributed by atoms with Crippen molar-refractivity contribution in [2.24, 2.45) is 17.8 Å². The summed E-state index contributed by atoms with van der Waals surface area (Å²) in [7, 11) is 0. The SMILES string of the molecule is CC(C(=O)O)C(C(=O)O)C(C)C(=O)O. The topological polar surface area (TPSA) is 112 Å². The molecule has 0 radical (unpaired) electrons. The van der Waals surface area contributed by atoms with Crippen molar-refractivity contribution in [3.8, 4) is 0 Å². The fourth-order valence-corrected chi connectivity index (χ4v) is 1.17. The van der Waals surface area contributed by atoms with Crippen molar-refractivity contribution in [3.05, 3.63) is 0 Å². The van der Waals surface area contributed by atoms with Crippen LogP contribution in [0.15, 0.2) is 0 Å². The summed E-state index contributed by atoms with van der Waals surface area (Å²) in [6, 6.07) is 0. The van der Waals surface area contributed by atoms with E-state index in [2.05, 4.69) is 0 Å². The second-order valence-electron chi connectivity index (χ2n) is 3.12. The van der Waals surface area contributed by atoms with Crippen molar-refractivity contribution in [1.82, 2.24) is 0 Å². The minimum Gasteiger partial charge on any atom is -0.481 e. The van der Waals surface area contributed by atoms with Crippen LogP contribution >= 0.6 is 0 Å². The summed E-state index contributed by atoms with van der Waals surface area (Å²) < 4.78 is 0. The highest BCUT2D eigenvalue weighted by Crippen LogP contribution is 2.22. The summed E-state index contributed by atoms with van der Waals surface area (Å²) >= 11 is 0. The number of aliphatic carboxylic acids is 3. The lowest BCUT2D eigenvalue weighted by Gasteiger charge is -2.19. The van der Waals surface area contributed by atoms with E-state index in [-0.39, 0.29) is 0 Å². The largest absolute Gasteiger partial charge is 0.481 e. The molecule has 0 bridgehead atoms. The Labute approximate surface area is 80.2 Å². The van der Waals surface area contributed by atoms with E-state index in [0.29, 0.717) is 0 Å². The molecule has 3 N–H and O–H groups in total. The standard InChI is InChI=1S/C8H12O6/c1-3(6(9)10)5(8(13)14)4(2)7(11)12/h3-5H,1-2H3,(H,9,10)(H,11,12)(H,13,14). The molecule has 14 heavy (non-hydrogen) atoms. The van der Waals surface area contributed by atoms with E-state index in [4.69, 9.17) is 15.3 Å². The number of hydrogen-bond acceptors (Lipinski definition) is 3. The normalized spacial score (nSPS) is 16.7. The van der Waals surface area contributed by atoms with Crippen LogP contribution in [0.4, 0.5) is 0 Å². The van der Waals surface area contributed by atoms with Gasteiger partial charge in [-0.1, -0.05) is 13.8 Å². The van der Waals surface area contributed by atoms with E-state index in [0.717, 1.165) is 0 Å². The van der Waals surface area contributed by atoms with Gasteiger partial charge in [-0.3, -0.25) is 14.4 Å². The van der Waals surface area contributed by atoms with Crippen LogP contribution in [0.1, 0.15) is 13.8 Å². The molecular weight excluding hydrogens is 192 g/mol. The Morgan fingerprint density at radius 1 is 0.786 bits per heavy atom. The zero-order valence-electron chi connectivity index (χ0n) is 7.80. The quantitative estimate of drug-likeness (QED) is 0.586. The monoisotopic (exact) mass is 204 g/mol. The van der Waals surface area contributed by atoms with Crippen molar-refractivity contribution in [2.45, 2.75) is 13.8 Å². The van der Waals surface area contributed by atoms with E-state index in [1.807, 2.05) is 0 Å². The van der Waals surface area contributed by atoms with Gasteiger partial charge in [0.2, 0.25) is 0 Å². The summed E-state index contributed by atoms with van der Waals surface area (Å²) in [6.45, 7) is 2.36. The summed E-state index contributed by atoms with van der Waals surface area (Å²) in [6.07, 6.45) is 0. The highest BCUT2D eigenvalue weighted by Gasteiger charge is 2.37. The zero-order valence-corrected chi connectivity index (χ0v) is 7.80. The van der Waals surface area contributed by atoms with Gasteiger partial charge in [0.25, 0.3) is 0 Å². The molecule has 0 amide bonds. The first-order valence-electron chi connectivity index (χ1n) is 3.97. The Balaban J connectivity index is 4.86. The van der Waals surface area contributed by atoms with Crippen molar-refractivity contribution in [3.63, 3.8) is 0 Å². The number of carbonyl (C=O) groups is 3. The lowest BCUT2D eigenvalue weighted by molar-refractivity contribution is -0.160. The molecule has 0 aliphatic heterocycles. The second kappa shape index (κ2) is 4.59. The maximum absolute atomic E-state index is 10.7. The van der Waals surface area contributed by atoms with Crippen LogP contribution in [0.2, 0.25) is 0 Å². The Hall–Kier alpha value is -1.59. The highest BCUT2D eigenvalue weighted by atomic mass is 16.4. The molecule has 80 valence electrons. The van der Waals surface area contributed by atoms with Gasteiger partial charge >= 0.3 is 17.9 Å². The molecular formula is C8H12O6. The molecule has 0 saturated heterocycles. The Kier molecular flexibility index (Phi) is 4.07. The fraction of sp³-hybridized carbons (Fsp3) is 0.625. The summed E-state index contributed by atoms with van der Waals surface area (Å²) in [4.78, 5) is 31.7. The van der Waals surface area contributed by atoms with E-state index < -0.39 is 35.7 Å². The number of carboxylic acid groups (broad SMARTS) is 3. The van der Waals surface area contributed by atoms with Crippen LogP contribution in [0.25, 0.3) is 0 Å². The van der Waals surface area contributed by atoms with Crippen LogP contribution in [0.5, 0.6) is 0 Å². The molecule has 0 aliphatic rings. The smallest absolute Gasteiger partial charge is 0.308 e. The number of hydrogen-bond donors (Lipinski definition) is 3. The molecule has 0 rings (SSSR count). The minimum absolute atomic E-state index is 1.18. The van der Waals surface area contributed by atoms with Gasteiger partial charge in [-0.25, -0.2) is 0 Å². The van der Waals surface area contributed by atoms with Gasteiger partial charge in [-0.05, 0) is 0 Å². The second-order valence-corrected chi connectivity index (χ2v) is 3.12. The molecule has 6 nitrogen and oxygen atoms in total. The van der Waals surface area contributed by atoms with Gasteiger partial charge in [-0.2, -0.15) is 0 Å². The van der Waals surface area contributed by atoms with Gasteiger partial charge in [0.15, 0.2) is 0 Å². The van der Waals surface area contributed by atoms with Gasteiger partial charge in [-0.15, -0.1) is 0 Å². The molecule has 0 fully saturated rings. The molecule has 0 saturated carbocycles. The molecule has 0 aromatic carbocycles. The predicted octanol–water partition coefficient (Wildman–Crippen LogP) is 0.129. The summed E-state index contributed by atoms with van der Waals surface area (Å²) in [5.74, 6) is -7.90. The molecule has 6 heteroatoms. The molecule has 0 spiro atoms. The lowest BCUT2D eigenvalue weighted by Crippen LogP contribution is -2.36. The summed E-state index contributed by atoms with van der Waals surface area (Å²) in [5, 5.41) is 25.8. The van der Waals surface area contributed by atoms with Crippen molar-refractivity contribution >= 4 is 17.9 Å². The average molecular weight is 204 g/mol. The lowest BCUT2D eigenvalue weighted by atomic mass is 9.83. The van der Waals surface area contributed by atoms with Crippen LogP contribution in [0, 0.1) is 17.8 Å². The van der Waals surface area contributed by atoms with Crippen LogP contribution in [0.3, 0.4) is 0 Å². The molecule has 2 atom stereocenters. The van der Waals surface area contributed by atoms with Crippen LogP contribution < -0.4 is 0 Å². The highest BCUT2D eigenvalue weighted by molar-refractivity contribution is 5.84. The van der Waals surface area contributed by atoms with Crippen LogP contribution in [-0.2, 0) is 14.4 Å². The number of rotatable bonds is 5. The molecule has 0 aromatic rings. The molecule has 0 aliphatic carbocycles. The van der Waals surface area contributed by atoms with E-state index in [1.165, 1.54) is 13.8 Å². The molecule has 0 aromatic heterocycles. The van der Waals surface area contributed by atoms with Crippen molar-refractivity contribution in [2.75, 3.05) is 0 Å². The van der Waals surface area contributed by atoms with E-state index >= 15 is 0 Å². The third kappa shape index (κ3) is 2.72. The fourth-order valence-electron chi connectivity index (χ4n) is 1.17. The Morgan fingerprint density at radius 2 is 1.07 bits per heavy atom. The molecule has 0 heterocycles. The minimum atomic E-state index is -1.41. The third-order valence-corrected chi connectivity index (χ3v) is 2.14. The number of carboxylic acids is 3. The zero-order chi connectivity index (χ0) is 11.5. The first kappa shape index (κ1) is 12.4. The van der Waals surface area contributed by atoms with Gasteiger partial charge in [0.05, 0.1) is 17.8 Å². The Bertz CT molecular complexity index is 239. The van der Waals surface area contributed by atoms with Crippen molar-refractivity contribution < 1.29 is 29.7 Å². The van der Waals surface area contributed by atoms with E-state index in [9.17, 15) is 14.4 Å². The van der Waals surface area contributed by atoms with E-state index in [1.54, 1.807) is 0 Å². The first-order valence-corrected chi connectivity index (χ1v) is 3.97. The maximum Gasteiger partial charge on any atom is 0.308 e. The van der Waals surface area contributed by atoms with Crippen molar-refractivity contribution in [1.29, 1.82) is 0 Å². The van der Waals surface area contributed by atoms with Gasteiger partial charge in [0.1, 0.15) is 0 Å². The van der Waals surface area contributed by atoms with Gasteiger partial charge in [0, 0.05) is 0 Å². The maximum atomic E-state index is 10.7. The van der Waals surface area contributed by atoms with Crippen LogP contribution in [-0.4, -0.2) is 33.2 Å². The summed E-state index contributed by atoms with van der Waals surface area (Å²) in [5.41, 5.74) is 0. The predicted molar refractivity (Wildman–Crippen MR) is 44.7 cm³/mol. The Morgan fingerprint density at radius 3 is 1.21 bits per heavy atom.